The minimum atomic E-state index is -3.74. The highest BCUT2D eigenvalue weighted by Gasteiger charge is 2.69. The number of benzene rings is 1. The highest BCUT2D eigenvalue weighted by molar-refractivity contribution is 6.53. The van der Waals surface area contributed by atoms with E-state index < -0.39 is 34.5 Å². The van der Waals surface area contributed by atoms with E-state index in [9.17, 15) is 18.4 Å². The maximum Gasteiger partial charge on any atom is 0.586 e. The van der Waals surface area contributed by atoms with Crippen LogP contribution in [0.5, 0.6) is 11.5 Å². The number of hydrogen-bond donors (Lipinski definition) is 1. The molecule has 1 heterocycles. The second-order valence-corrected chi connectivity index (χ2v) is 7.15. The lowest BCUT2D eigenvalue weighted by molar-refractivity contribution is -0.286. The third-order valence-electron chi connectivity index (χ3n) is 3.73. The van der Waals surface area contributed by atoms with Gasteiger partial charge in [-0.2, -0.15) is 0 Å². The number of fused-ring (bicyclic) bond motifs is 1. The van der Waals surface area contributed by atoms with E-state index in [2.05, 4.69) is 14.8 Å². The van der Waals surface area contributed by atoms with Gasteiger partial charge in [0, 0.05) is 18.2 Å². The van der Waals surface area contributed by atoms with E-state index in [4.69, 9.17) is 27.9 Å². The van der Waals surface area contributed by atoms with Gasteiger partial charge in [0.1, 0.15) is 9.75 Å². The Kier molecular flexibility index (Phi) is 3.80. The third-order valence-corrected chi connectivity index (χ3v) is 4.83. The summed E-state index contributed by atoms with van der Waals surface area (Å²) in [7, 11) is 0. The van der Waals surface area contributed by atoms with Crippen molar-refractivity contribution in [3.05, 3.63) is 18.2 Å². The van der Waals surface area contributed by atoms with Crippen molar-refractivity contribution in [2.24, 2.45) is 5.41 Å². The number of amides is 1. The van der Waals surface area contributed by atoms with Crippen LogP contribution in [-0.4, -0.2) is 29.1 Å². The molecule has 1 amide bonds. The molecule has 1 atom stereocenters. The molecule has 130 valence electrons. The number of esters is 1. The number of rotatable bonds is 4. The minimum absolute atomic E-state index is 0.147. The summed E-state index contributed by atoms with van der Waals surface area (Å²) in [4.78, 5) is 23.6. The molecular weight excluding hydrogens is 371 g/mol. The summed E-state index contributed by atoms with van der Waals surface area (Å²) in [5.41, 5.74) is -0.862. The number of hydrogen-bond acceptors (Lipinski definition) is 5. The number of nitrogens with one attached hydrogen (secondary N) is 1. The molecule has 0 spiro atoms. The molecule has 1 N–H and O–H groups in total. The number of alkyl halides is 4. The molecule has 0 bridgehead atoms. The number of ether oxygens (including phenoxy) is 3. The minimum Gasteiger partial charge on any atom is -0.455 e. The van der Waals surface area contributed by atoms with E-state index in [-0.39, 0.29) is 23.6 Å². The van der Waals surface area contributed by atoms with Crippen molar-refractivity contribution in [3.8, 4) is 11.5 Å². The maximum atomic E-state index is 12.9. The first-order chi connectivity index (χ1) is 11.0. The molecule has 1 saturated carbocycles. The van der Waals surface area contributed by atoms with E-state index in [1.165, 1.54) is 25.1 Å². The zero-order valence-electron chi connectivity index (χ0n) is 12.2. The van der Waals surface area contributed by atoms with Gasteiger partial charge in [-0.25, -0.2) is 0 Å². The molecule has 1 aliphatic carbocycles. The van der Waals surface area contributed by atoms with Gasteiger partial charge in [0.25, 0.3) is 5.91 Å². The molecule has 0 unspecified atom stereocenters. The fourth-order valence-corrected chi connectivity index (χ4v) is 2.82. The Hall–Kier alpha value is -1.80. The van der Waals surface area contributed by atoms with Crippen molar-refractivity contribution in [3.63, 3.8) is 0 Å². The molecule has 0 aromatic heterocycles. The van der Waals surface area contributed by atoms with Crippen molar-refractivity contribution < 1.29 is 32.6 Å². The summed E-state index contributed by atoms with van der Waals surface area (Å²) in [5, 5.41) is 2.38. The van der Waals surface area contributed by atoms with Gasteiger partial charge in [-0.1, -0.05) is 0 Å². The Labute approximate surface area is 144 Å². The Morgan fingerprint density at radius 2 is 1.92 bits per heavy atom. The van der Waals surface area contributed by atoms with Crippen molar-refractivity contribution >= 4 is 40.8 Å². The lowest BCUT2D eigenvalue weighted by atomic mass is 10.1. The van der Waals surface area contributed by atoms with Gasteiger partial charge < -0.3 is 19.5 Å². The zero-order chi connectivity index (χ0) is 17.8. The van der Waals surface area contributed by atoms with Crippen molar-refractivity contribution in [1.82, 2.24) is 0 Å². The van der Waals surface area contributed by atoms with E-state index in [0.29, 0.717) is 0 Å². The van der Waals surface area contributed by atoms with E-state index in [1.54, 1.807) is 0 Å². The Morgan fingerprint density at radius 1 is 1.29 bits per heavy atom. The summed E-state index contributed by atoms with van der Waals surface area (Å²) >= 11 is 11.7. The predicted molar refractivity (Wildman–Crippen MR) is 79.4 cm³/mol. The first-order valence-corrected chi connectivity index (χ1v) is 7.53. The highest BCUT2D eigenvalue weighted by atomic mass is 35.5. The van der Waals surface area contributed by atoms with Crippen LogP contribution >= 0.6 is 23.2 Å². The van der Waals surface area contributed by atoms with Gasteiger partial charge in [0.15, 0.2) is 18.1 Å². The average molecular weight is 382 g/mol. The molecule has 1 aliphatic heterocycles. The number of halogens is 4. The van der Waals surface area contributed by atoms with Gasteiger partial charge in [-0.05, 0) is 19.1 Å². The SMILES string of the molecule is C[C@@]1(C(=O)OCC(=O)Nc2ccc3c(c2)OC(F)(F)O3)CC1(Cl)Cl. The first kappa shape index (κ1) is 17.0. The van der Waals surface area contributed by atoms with Crippen LogP contribution in [0, 0.1) is 5.41 Å². The summed E-state index contributed by atoms with van der Waals surface area (Å²) in [5.74, 6) is -1.71. The Morgan fingerprint density at radius 3 is 2.54 bits per heavy atom. The molecule has 1 fully saturated rings. The summed E-state index contributed by atoms with van der Waals surface area (Å²) < 4.78 is 38.0. The highest BCUT2D eigenvalue weighted by Crippen LogP contribution is 2.64. The Bertz CT molecular complexity index is 727. The lowest BCUT2D eigenvalue weighted by Crippen LogP contribution is -2.26. The van der Waals surface area contributed by atoms with Crippen molar-refractivity contribution in [2.75, 3.05) is 11.9 Å². The van der Waals surface area contributed by atoms with Gasteiger partial charge in [-0.3, -0.25) is 9.59 Å². The maximum absolute atomic E-state index is 12.9. The van der Waals surface area contributed by atoms with E-state index in [0.717, 1.165) is 0 Å². The van der Waals surface area contributed by atoms with Gasteiger partial charge in [-0.15, -0.1) is 32.0 Å². The van der Waals surface area contributed by atoms with Crippen LogP contribution in [0.2, 0.25) is 0 Å². The van der Waals surface area contributed by atoms with Crippen LogP contribution < -0.4 is 14.8 Å². The standard InChI is InChI=1S/C14H11Cl2F2NO5/c1-12(6-13(12,15)16)11(21)22-5-10(20)19-7-2-3-8-9(4-7)24-14(17,18)23-8/h2-4H,5-6H2,1H3,(H,19,20)/t12-/m0/s1. The van der Waals surface area contributed by atoms with E-state index >= 15 is 0 Å². The molecule has 0 radical (unpaired) electrons. The predicted octanol–water partition coefficient (Wildman–Crippen LogP) is 3.07. The van der Waals surface area contributed by atoms with Gasteiger partial charge in [0.2, 0.25) is 0 Å². The normalized spacial score (nSPS) is 25.0. The van der Waals surface area contributed by atoms with Crippen molar-refractivity contribution in [1.29, 1.82) is 0 Å². The fourth-order valence-electron chi connectivity index (χ4n) is 2.14. The average Bonchev–Trinajstić information content (AvgIpc) is 2.83. The summed E-state index contributed by atoms with van der Waals surface area (Å²) in [6, 6.07) is 3.73. The number of carbonyl (C=O) groups is 2. The fraction of sp³-hybridized carbons (Fsp3) is 0.429. The summed E-state index contributed by atoms with van der Waals surface area (Å²) in [6.07, 6.45) is -3.50. The largest absolute Gasteiger partial charge is 0.586 e. The van der Waals surface area contributed by atoms with Crippen LogP contribution in [0.15, 0.2) is 18.2 Å². The second-order valence-electron chi connectivity index (χ2n) is 5.67. The topological polar surface area (TPSA) is 73.9 Å². The molecule has 3 rings (SSSR count). The van der Waals surface area contributed by atoms with Crippen LogP contribution in [0.4, 0.5) is 14.5 Å². The second kappa shape index (κ2) is 5.35. The third kappa shape index (κ3) is 3.08. The van der Waals surface area contributed by atoms with Gasteiger partial charge in [0.05, 0.1) is 0 Å². The number of carbonyl (C=O) groups excluding carboxylic acids is 2. The molecule has 1 aromatic carbocycles. The molecule has 0 saturated heterocycles. The lowest BCUT2D eigenvalue weighted by Gasteiger charge is -2.12. The van der Waals surface area contributed by atoms with Crippen molar-refractivity contribution in [2.45, 2.75) is 24.0 Å². The van der Waals surface area contributed by atoms with E-state index in [1.807, 2.05) is 0 Å². The van der Waals surface area contributed by atoms with Crippen LogP contribution in [0.25, 0.3) is 0 Å². The molecule has 1 aromatic rings. The zero-order valence-corrected chi connectivity index (χ0v) is 13.7. The monoisotopic (exact) mass is 381 g/mol. The quantitative estimate of drug-likeness (QED) is 0.640. The molecule has 24 heavy (non-hydrogen) atoms. The smallest absolute Gasteiger partial charge is 0.455 e. The molecular formula is C14H11Cl2F2NO5. The molecule has 6 nitrogen and oxygen atoms in total. The van der Waals surface area contributed by atoms with Crippen LogP contribution in [0.3, 0.4) is 0 Å². The molecule has 2 aliphatic rings. The summed E-state index contributed by atoms with van der Waals surface area (Å²) in [6.45, 7) is 0.966. The van der Waals surface area contributed by atoms with Crippen LogP contribution in [0.1, 0.15) is 13.3 Å². The Balaban J connectivity index is 1.54. The van der Waals surface area contributed by atoms with Gasteiger partial charge >= 0.3 is 12.3 Å². The molecule has 10 heteroatoms. The number of anilines is 1. The first-order valence-electron chi connectivity index (χ1n) is 6.77. The van der Waals surface area contributed by atoms with Crippen LogP contribution in [-0.2, 0) is 14.3 Å².